The van der Waals surface area contributed by atoms with Crippen LogP contribution >= 0.6 is 39.3 Å². The van der Waals surface area contributed by atoms with Crippen LogP contribution < -0.4 is 14.8 Å². The molecule has 0 aromatic heterocycles. The Morgan fingerprint density at radius 2 is 1.92 bits per heavy atom. The van der Waals surface area contributed by atoms with Crippen molar-refractivity contribution in [2.24, 2.45) is 0 Å². The van der Waals surface area contributed by atoms with Gasteiger partial charge in [0.1, 0.15) is 0 Å². The first-order valence-electron chi connectivity index (χ1n) is 11.2. The van der Waals surface area contributed by atoms with E-state index in [9.17, 15) is 24.5 Å². The van der Waals surface area contributed by atoms with Gasteiger partial charge in [0.25, 0.3) is 22.7 Å². The van der Waals surface area contributed by atoms with Crippen molar-refractivity contribution in [3.8, 4) is 11.5 Å². The molecule has 3 aromatic rings. The van der Waals surface area contributed by atoms with Crippen molar-refractivity contribution in [1.29, 1.82) is 0 Å². The molecule has 0 bridgehead atoms. The predicted molar refractivity (Wildman–Crippen MR) is 151 cm³/mol. The van der Waals surface area contributed by atoms with Gasteiger partial charge < -0.3 is 14.8 Å². The number of hydrogen-bond acceptors (Lipinski definition) is 8. The van der Waals surface area contributed by atoms with Crippen LogP contribution in [-0.2, 0) is 16.1 Å². The number of ether oxygens (including phenoxy) is 2. The number of carbonyl (C=O) groups excluding carboxylic acids is 3. The van der Waals surface area contributed by atoms with Crippen molar-refractivity contribution in [1.82, 2.24) is 4.90 Å². The van der Waals surface area contributed by atoms with Crippen LogP contribution in [-0.4, -0.2) is 40.6 Å². The maximum Gasteiger partial charge on any atom is 0.293 e. The Kier molecular flexibility index (Phi) is 8.90. The number of nitrogens with one attached hydrogen (secondary N) is 1. The topological polar surface area (TPSA) is 128 Å². The maximum atomic E-state index is 12.9. The van der Waals surface area contributed by atoms with E-state index in [1.807, 2.05) is 0 Å². The lowest BCUT2D eigenvalue weighted by molar-refractivity contribution is -0.385. The van der Waals surface area contributed by atoms with E-state index in [-0.39, 0.29) is 29.3 Å². The van der Waals surface area contributed by atoms with Gasteiger partial charge in [0.05, 0.1) is 28.5 Å². The summed E-state index contributed by atoms with van der Waals surface area (Å²) in [4.78, 5) is 49.6. The third-order valence-corrected chi connectivity index (χ3v) is 7.58. The quantitative estimate of drug-likeness (QED) is 0.166. The van der Waals surface area contributed by atoms with E-state index in [0.717, 1.165) is 16.7 Å². The second-order valence-electron chi connectivity index (χ2n) is 8.03. The lowest BCUT2D eigenvalue weighted by atomic mass is 10.1. The Labute approximate surface area is 240 Å². The third kappa shape index (κ3) is 6.77. The monoisotopic (exact) mass is 631 g/mol. The fraction of sp³-hybridized carbons (Fsp3) is 0.115. The SMILES string of the molecule is COc1cc(/C=C2\SC(=O)N(Cc3ccccc3[N+](=O)[O-])C2=O)ccc1OCC(=O)Nc1ccc(Br)c(Cl)c1. The van der Waals surface area contributed by atoms with Gasteiger partial charge in [0.15, 0.2) is 18.1 Å². The lowest BCUT2D eigenvalue weighted by Gasteiger charge is -2.13. The molecule has 10 nitrogen and oxygen atoms in total. The average molecular weight is 633 g/mol. The van der Waals surface area contributed by atoms with Gasteiger partial charge in [-0.15, -0.1) is 0 Å². The number of nitro groups is 1. The molecule has 3 aromatic carbocycles. The van der Waals surface area contributed by atoms with Gasteiger partial charge in [-0.2, -0.15) is 0 Å². The highest BCUT2D eigenvalue weighted by molar-refractivity contribution is 9.10. The summed E-state index contributed by atoms with van der Waals surface area (Å²) in [6.45, 7) is -0.516. The molecule has 39 heavy (non-hydrogen) atoms. The van der Waals surface area contributed by atoms with Crippen molar-refractivity contribution >= 4 is 73.8 Å². The van der Waals surface area contributed by atoms with Crippen molar-refractivity contribution in [3.63, 3.8) is 0 Å². The number of halogens is 2. The lowest BCUT2D eigenvalue weighted by Crippen LogP contribution is -2.27. The standard InChI is InChI=1S/C26H19BrClN3O7S/c1-37-22-10-15(6-9-21(22)38-14-24(32)29-17-7-8-18(27)19(28)12-17)11-23-25(33)30(26(34)39-23)13-16-4-2-3-5-20(16)31(35)36/h2-12H,13-14H2,1H3,(H,29,32)/b23-11-. The van der Waals surface area contributed by atoms with Crippen LogP contribution in [0.5, 0.6) is 11.5 Å². The highest BCUT2D eigenvalue weighted by Gasteiger charge is 2.36. The average Bonchev–Trinajstić information content (AvgIpc) is 3.17. The molecular formula is C26H19BrClN3O7S. The molecule has 3 amide bonds. The normalized spacial score (nSPS) is 14.0. The Balaban J connectivity index is 1.43. The Hall–Kier alpha value is -3.87. The molecule has 13 heteroatoms. The number of hydrogen-bond donors (Lipinski definition) is 1. The fourth-order valence-electron chi connectivity index (χ4n) is 3.59. The van der Waals surface area contributed by atoms with E-state index >= 15 is 0 Å². The van der Waals surface area contributed by atoms with Crippen LogP contribution in [0.3, 0.4) is 0 Å². The van der Waals surface area contributed by atoms with Gasteiger partial charge in [-0.1, -0.05) is 35.9 Å². The Bertz CT molecular complexity index is 1510. The van der Waals surface area contributed by atoms with Crippen molar-refractivity contribution in [2.45, 2.75) is 6.54 Å². The highest BCUT2D eigenvalue weighted by Crippen LogP contribution is 2.36. The summed E-state index contributed by atoms with van der Waals surface area (Å²) in [7, 11) is 1.43. The summed E-state index contributed by atoms with van der Waals surface area (Å²) >= 11 is 10.1. The van der Waals surface area contributed by atoms with Gasteiger partial charge in [0.2, 0.25) is 0 Å². The molecule has 1 fully saturated rings. The highest BCUT2D eigenvalue weighted by atomic mass is 79.9. The van der Waals surface area contributed by atoms with Gasteiger partial charge in [-0.3, -0.25) is 29.4 Å². The van der Waals surface area contributed by atoms with E-state index in [0.29, 0.717) is 32.2 Å². The van der Waals surface area contributed by atoms with Crippen LogP contribution in [0.15, 0.2) is 70.0 Å². The van der Waals surface area contributed by atoms with Crippen LogP contribution in [0.25, 0.3) is 6.08 Å². The summed E-state index contributed by atoms with van der Waals surface area (Å²) in [5.41, 5.74) is 1.14. The van der Waals surface area contributed by atoms with Crippen LogP contribution in [0.4, 0.5) is 16.2 Å². The number of nitrogens with zero attached hydrogens (tertiary/aromatic N) is 2. The number of rotatable bonds is 9. The Morgan fingerprint density at radius 3 is 2.64 bits per heavy atom. The summed E-state index contributed by atoms with van der Waals surface area (Å²) in [6.07, 6.45) is 1.51. The zero-order chi connectivity index (χ0) is 28.1. The van der Waals surface area contributed by atoms with Gasteiger partial charge >= 0.3 is 0 Å². The largest absolute Gasteiger partial charge is 0.493 e. The number of nitro benzene ring substituents is 1. The number of benzene rings is 3. The molecule has 0 atom stereocenters. The second kappa shape index (κ2) is 12.3. The molecule has 0 saturated carbocycles. The van der Waals surface area contributed by atoms with Gasteiger partial charge in [-0.25, -0.2) is 0 Å². The fourth-order valence-corrected chi connectivity index (χ4v) is 4.85. The molecule has 1 N–H and O–H groups in total. The summed E-state index contributed by atoms with van der Waals surface area (Å²) < 4.78 is 11.7. The van der Waals surface area contributed by atoms with E-state index in [1.54, 1.807) is 42.5 Å². The number of para-hydroxylation sites is 1. The molecule has 1 aliphatic rings. The first-order chi connectivity index (χ1) is 18.7. The number of amides is 3. The zero-order valence-corrected chi connectivity index (χ0v) is 23.3. The molecule has 1 saturated heterocycles. The number of imide groups is 1. The smallest absolute Gasteiger partial charge is 0.293 e. The minimum absolute atomic E-state index is 0.154. The number of thioether (sulfide) groups is 1. The molecule has 1 aliphatic heterocycles. The summed E-state index contributed by atoms with van der Waals surface area (Å²) in [5.74, 6) is -0.371. The molecule has 0 spiro atoms. The van der Waals surface area contributed by atoms with E-state index in [4.69, 9.17) is 21.1 Å². The summed E-state index contributed by atoms with van der Waals surface area (Å²) in [5, 5.41) is 13.9. The molecule has 0 unspecified atom stereocenters. The first kappa shape index (κ1) is 28.1. The van der Waals surface area contributed by atoms with Crippen molar-refractivity contribution in [3.05, 3.63) is 96.3 Å². The zero-order valence-electron chi connectivity index (χ0n) is 20.2. The second-order valence-corrected chi connectivity index (χ2v) is 10.3. The van der Waals surface area contributed by atoms with Gasteiger partial charge in [-0.05, 0) is 69.7 Å². The number of carbonyl (C=O) groups is 3. The molecule has 0 aliphatic carbocycles. The molecule has 0 radical (unpaired) electrons. The van der Waals surface area contributed by atoms with Crippen molar-refractivity contribution in [2.75, 3.05) is 19.0 Å². The van der Waals surface area contributed by atoms with E-state index < -0.39 is 22.0 Å². The van der Waals surface area contributed by atoms with Crippen LogP contribution in [0, 0.1) is 10.1 Å². The van der Waals surface area contributed by atoms with Crippen molar-refractivity contribution < 1.29 is 28.8 Å². The molecule has 200 valence electrons. The maximum absolute atomic E-state index is 12.9. The first-order valence-corrected chi connectivity index (χ1v) is 13.2. The Morgan fingerprint density at radius 1 is 1.15 bits per heavy atom. The minimum Gasteiger partial charge on any atom is -0.493 e. The predicted octanol–water partition coefficient (Wildman–Crippen LogP) is 6.27. The number of anilines is 1. The van der Waals surface area contributed by atoms with E-state index in [2.05, 4.69) is 21.2 Å². The minimum atomic E-state index is -0.563. The molecular weight excluding hydrogens is 614 g/mol. The number of methoxy groups -OCH3 is 1. The summed E-state index contributed by atoms with van der Waals surface area (Å²) in [6, 6.07) is 15.7. The van der Waals surface area contributed by atoms with E-state index in [1.165, 1.54) is 31.4 Å². The molecule has 1 heterocycles. The third-order valence-electron chi connectivity index (χ3n) is 5.44. The molecule has 4 rings (SSSR count). The van der Waals surface area contributed by atoms with Crippen LogP contribution in [0.2, 0.25) is 5.02 Å². The van der Waals surface area contributed by atoms with Gasteiger partial charge in [0, 0.05) is 21.8 Å². The van der Waals surface area contributed by atoms with Crippen LogP contribution in [0.1, 0.15) is 11.1 Å².